The van der Waals surface area contributed by atoms with E-state index in [2.05, 4.69) is 155 Å². The fraction of sp³-hybridized carbons (Fsp3) is 0.615. The molecule has 3 heteroatoms. The lowest BCUT2D eigenvalue weighted by Gasteiger charge is -2.26. The third-order valence-corrected chi connectivity index (χ3v) is 8.86. The molecule has 3 heterocycles. The van der Waals surface area contributed by atoms with Gasteiger partial charge in [0.15, 0.2) is 0 Å². The van der Waals surface area contributed by atoms with Crippen molar-refractivity contribution in [3.63, 3.8) is 0 Å². The molecule has 0 saturated carbocycles. The van der Waals surface area contributed by atoms with Crippen LogP contribution < -0.4 is 0 Å². The highest BCUT2D eigenvalue weighted by atomic mass is 14.7. The van der Waals surface area contributed by atoms with Crippen LogP contribution in [0.4, 0.5) is 0 Å². The molecule has 3 nitrogen and oxygen atoms in total. The van der Waals surface area contributed by atoms with Crippen LogP contribution in [-0.4, -0.2) is 15.0 Å². The highest BCUT2D eigenvalue weighted by molar-refractivity contribution is 5.43. The summed E-state index contributed by atoms with van der Waals surface area (Å²) in [4.78, 5) is 13.9. The van der Waals surface area contributed by atoms with E-state index in [4.69, 9.17) is 4.98 Å². The van der Waals surface area contributed by atoms with Gasteiger partial charge in [-0.25, -0.2) is 0 Å². The predicted octanol–water partition coefficient (Wildman–Crippen LogP) is 10.8. The van der Waals surface area contributed by atoms with Gasteiger partial charge in [-0.2, -0.15) is 0 Å². The molecule has 0 unspecified atom stereocenters. The predicted molar refractivity (Wildman–Crippen MR) is 186 cm³/mol. The molecule has 0 saturated heterocycles. The van der Waals surface area contributed by atoms with Crippen LogP contribution >= 0.6 is 0 Å². The van der Waals surface area contributed by atoms with E-state index in [1.807, 2.05) is 0 Å². The van der Waals surface area contributed by atoms with Crippen LogP contribution in [0.3, 0.4) is 0 Å². The van der Waals surface area contributed by atoms with E-state index >= 15 is 0 Å². The minimum atomic E-state index is 0.146. The molecule has 42 heavy (non-hydrogen) atoms. The van der Waals surface area contributed by atoms with Crippen LogP contribution in [0.15, 0.2) is 0 Å². The van der Waals surface area contributed by atoms with Crippen LogP contribution in [-0.2, 0) is 16.2 Å². The normalized spacial score (nSPS) is 11.9. The number of hydrogen-bond donors (Lipinski definition) is 0. The van der Waals surface area contributed by atoms with E-state index in [1.165, 1.54) is 61.5 Å². The van der Waals surface area contributed by atoms with Crippen LogP contribution in [0.25, 0.3) is 0 Å². The molecule has 0 fully saturated rings. The number of hydrogen-bond acceptors (Lipinski definition) is 3. The maximum Gasteiger partial charge on any atom is 0.0492 e. The average Bonchev–Trinajstić information content (AvgIpc) is 2.81. The Kier molecular flexibility index (Phi) is 12.0. The molecule has 0 amide bonds. The minimum absolute atomic E-state index is 0.146. The molecular weight excluding hydrogens is 510 g/mol. The van der Waals surface area contributed by atoms with E-state index in [0.717, 1.165) is 22.8 Å². The zero-order chi connectivity index (χ0) is 33.3. The Morgan fingerprint density at radius 1 is 0.286 bits per heavy atom. The molecule has 3 aromatic heterocycles. The van der Waals surface area contributed by atoms with Gasteiger partial charge in [-0.1, -0.05) is 62.3 Å². The van der Waals surface area contributed by atoms with Crippen molar-refractivity contribution in [3.05, 3.63) is 84.2 Å². The first-order chi connectivity index (χ1) is 18.7. The summed E-state index contributed by atoms with van der Waals surface area (Å²) in [6.45, 7) is 45.9. The lowest BCUT2D eigenvalue weighted by atomic mass is 9.80. The van der Waals surface area contributed by atoms with Crippen molar-refractivity contribution in [3.8, 4) is 0 Å². The molecular formula is C39H63N3. The molecule has 0 radical (unpaired) electrons. The van der Waals surface area contributed by atoms with Crippen molar-refractivity contribution >= 4 is 0 Å². The Balaban J connectivity index is 0.000000315. The first-order valence-corrected chi connectivity index (χ1v) is 15.6. The zero-order valence-corrected chi connectivity index (χ0v) is 31.3. The first-order valence-electron chi connectivity index (χ1n) is 15.6. The Hall–Kier alpha value is -2.55. The molecule has 0 atom stereocenters. The van der Waals surface area contributed by atoms with E-state index in [1.54, 1.807) is 0 Å². The van der Waals surface area contributed by atoms with Gasteiger partial charge < -0.3 is 0 Å². The fourth-order valence-corrected chi connectivity index (χ4v) is 6.21. The standard InChI is InChI=1S/3C13H21N/c1-8-10(3)14-11(4)9(2)12(8)13(5,6)7;1-8-9(2)12(13(5,6)7)11(4)14-10(8)3;1-8-9(2)11(4)14-12(10(8)3)13(5,6)7/h3*1-7H3. The Morgan fingerprint density at radius 3 is 1.00 bits per heavy atom. The summed E-state index contributed by atoms with van der Waals surface area (Å²) in [5, 5.41) is 0. The van der Waals surface area contributed by atoms with Gasteiger partial charge in [0.05, 0.1) is 0 Å². The van der Waals surface area contributed by atoms with E-state index in [-0.39, 0.29) is 16.2 Å². The average molecular weight is 574 g/mol. The molecule has 0 aromatic carbocycles. The van der Waals surface area contributed by atoms with Gasteiger partial charge in [-0.15, -0.1) is 0 Å². The number of rotatable bonds is 0. The molecule has 0 aliphatic heterocycles. The lowest BCUT2D eigenvalue weighted by Crippen LogP contribution is -2.17. The summed E-state index contributed by atoms with van der Waals surface area (Å²) < 4.78 is 0. The van der Waals surface area contributed by atoms with Crippen LogP contribution in [0.1, 0.15) is 147 Å². The van der Waals surface area contributed by atoms with Gasteiger partial charge in [0, 0.05) is 39.6 Å². The van der Waals surface area contributed by atoms with Gasteiger partial charge in [0.1, 0.15) is 0 Å². The highest BCUT2D eigenvalue weighted by Gasteiger charge is 2.23. The molecule has 0 bridgehead atoms. The van der Waals surface area contributed by atoms with Crippen molar-refractivity contribution < 1.29 is 0 Å². The maximum absolute atomic E-state index is 4.70. The van der Waals surface area contributed by atoms with Crippen LogP contribution in [0, 0.1) is 83.1 Å². The zero-order valence-electron chi connectivity index (χ0n) is 31.3. The van der Waals surface area contributed by atoms with Crippen molar-refractivity contribution in [1.82, 2.24) is 15.0 Å². The monoisotopic (exact) mass is 574 g/mol. The molecule has 3 aromatic rings. The number of nitrogens with zero attached hydrogens (tertiary/aromatic N) is 3. The van der Waals surface area contributed by atoms with Gasteiger partial charge in [-0.05, 0) is 144 Å². The second kappa shape index (κ2) is 13.4. The summed E-state index contributed by atoms with van der Waals surface area (Å²) >= 11 is 0. The van der Waals surface area contributed by atoms with E-state index in [0.29, 0.717) is 0 Å². The maximum atomic E-state index is 4.70. The summed E-state index contributed by atoms with van der Waals surface area (Å²) in [6.07, 6.45) is 0. The van der Waals surface area contributed by atoms with Crippen molar-refractivity contribution in [2.45, 2.75) is 162 Å². The molecule has 0 aliphatic carbocycles. The summed E-state index contributed by atoms with van der Waals surface area (Å²) in [5.41, 5.74) is 20.0. The molecule has 0 aliphatic rings. The number of aryl methyl sites for hydroxylation is 5. The Bertz CT molecular complexity index is 1390. The lowest BCUT2D eigenvalue weighted by molar-refractivity contribution is 0.561. The van der Waals surface area contributed by atoms with Gasteiger partial charge >= 0.3 is 0 Å². The Morgan fingerprint density at radius 2 is 0.619 bits per heavy atom. The topological polar surface area (TPSA) is 38.7 Å². The van der Waals surface area contributed by atoms with Crippen LogP contribution in [0.5, 0.6) is 0 Å². The van der Waals surface area contributed by atoms with E-state index in [9.17, 15) is 0 Å². The quantitative estimate of drug-likeness (QED) is 0.268. The van der Waals surface area contributed by atoms with Gasteiger partial charge in [0.2, 0.25) is 0 Å². The molecule has 234 valence electrons. The van der Waals surface area contributed by atoms with Crippen LogP contribution in [0.2, 0.25) is 0 Å². The van der Waals surface area contributed by atoms with Crippen molar-refractivity contribution in [1.29, 1.82) is 0 Å². The first kappa shape index (κ1) is 37.5. The van der Waals surface area contributed by atoms with Gasteiger partial charge in [0.25, 0.3) is 0 Å². The summed E-state index contributed by atoms with van der Waals surface area (Å²) in [6, 6.07) is 0. The third kappa shape index (κ3) is 8.74. The minimum Gasteiger partial charge on any atom is -0.258 e. The second-order valence-corrected chi connectivity index (χ2v) is 15.5. The number of aromatic nitrogens is 3. The second-order valence-electron chi connectivity index (χ2n) is 15.5. The SMILES string of the molecule is Cc1nc(C(C)(C)C)c(C)c(C)c1C.Cc1nc(C)c(C(C)(C)C)c(C)c1C.Cc1nc(C)c(C)c(C(C)(C)C)c1C. The summed E-state index contributed by atoms with van der Waals surface area (Å²) in [7, 11) is 0. The Labute approximate surface area is 260 Å². The summed E-state index contributed by atoms with van der Waals surface area (Å²) in [5.74, 6) is 0. The van der Waals surface area contributed by atoms with Gasteiger partial charge in [-0.3, -0.25) is 15.0 Å². The molecule has 0 spiro atoms. The highest BCUT2D eigenvalue weighted by Crippen LogP contribution is 2.32. The molecule has 3 rings (SSSR count). The fourth-order valence-electron chi connectivity index (χ4n) is 6.21. The largest absolute Gasteiger partial charge is 0.258 e. The smallest absolute Gasteiger partial charge is 0.0492 e. The third-order valence-electron chi connectivity index (χ3n) is 8.86. The molecule has 0 N–H and O–H groups in total. The van der Waals surface area contributed by atoms with Crippen molar-refractivity contribution in [2.24, 2.45) is 0 Å². The number of pyridine rings is 3. The van der Waals surface area contributed by atoms with E-state index < -0.39 is 0 Å². The van der Waals surface area contributed by atoms with Crippen molar-refractivity contribution in [2.75, 3.05) is 0 Å².